The summed E-state index contributed by atoms with van der Waals surface area (Å²) in [4.78, 5) is 22.5. The van der Waals surface area contributed by atoms with Gasteiger partial charge >= 0.3 is 5.97 Å². The first kappa shape index (κ1) is 16.1. The lowest BCUT2D eigenvalue weighted by atomic mass is 10.1. The molecule has 0 bridgehead atoms. The van der Waals surface area contributed by atoms with Crippen molar-refractivity contribution < 1.29 is 14.7 Å². The lowest BCUT2D eigenvalue weighted by molar-refractivity contribution is -0.141. The second kappa shape index (κ2) is 7.56. The third-order valence-electron chi connectivity index (χ3n) is 2.83. The van der Waals surface area contributed by atoms with Crippen LogP contribution in [0.5, 0.6) is 0 Å². The Bertz CT molecular complexity index is 549. The van der Waals surface area contributed by atoms with Crippen LogP contribution in [0.3, 0.4) is 0 Å². The van der Waals surface area contributed by atoms with Gasteiger partial charge in [-0.1, -0.05) is 23.7 Å². The summed E-state index contributed by atoms with van der Waals surface area (Å²) in [5, 5.41) is 11.9. The van der Waals surface area contributed by atoms with Gasteiger partial charge in [0, 0.05) is 17.9 Å². The highest BCUT2D eigenvalue weighted by Crippen LogP contribution is 2.17. The number of nitrogens with one attached hydrogen (secondary N) is 1. The van der Waals surface area contributed by atoms with E-state index in [0.29, 0.717) is 11.4 Å². The van der Waals surface area contributed by atoms with Gasteiger partial charge in [-0.25, -0.2) is 4.79 Å². The summed E-state index contributed by atoms with van der Waals surface area (Å²) in [7, 11) is 0. The number of carbonyl (C=O) groups is 2. The number of amides is 1. The second-order valence-corrected chi connectivity index (χ2v) is 4.86. The van der Waals surface area contributed by atoms with Crippen LogP contribution >= 0.6 is 11.6 Å². The number of carboxylic acid groups (broad SMARTS) is 1. The Morgan fingerprint density at radius 2 is 2.20 bits per heavy atom. The number of hydrogen-bond acceptors (Lipinski definition) is 2. The second-order valence-electron chi connectivity index (χ2n) is 4.45. The van der Waals surface area contributed by atoms with E-state index in [9.17, 15) is 9.59 Å². The molecule has 0 fully saturated rings. The average molecular weight is 294 g/mol. The van der Waals surface area contributed by atoms with Crippen LogP contribution in [0.15, 0.2) is 18.2 Å². The molecule has 5 heteroatoms. The quantitative estimate of drug-likeness (QED) is 0.790. The van der Waals surface area contributed by atoms with Crippen molar-refractivity contribution in [2.24, 2.45) is 0 Å². The Labute approximate surface area is 123 Å². The molecule has 1 aromatic rings. The number of halogens is 1. The third kappa shape index (κ3) is 4.94. The maximum absolute atomic E-state index is 11.7. The monoisotopic (exact) mass is 293 g/mol. The van der Waals surface area contributed by atoms with E-state index in [1.807, 2.05) is 19.1 Å². The lowest BCUT2D eigenvalue weighted by Gasteiger charge is -2.11. The van der Waals surface area contributed by atoms with E-state index in [2.05, 4.69) is 11.2 Å². The van der Waals surface area contributed by atoms with Crippen LogP contribution in [0, 0.1) is 19.3 Å². The molecule has 20 heavy (non-hydrogen) atoms. The maximum atomic E-state index is 11.7. The van der Waals surface area contributed by atoms with Crippen molar-refractivity contribution in [2.75, 3.05) is 0 Å². The molecule has 2 N–H and O–H groups in total. The number of aliphatic carboxylic acids is 1. The molecular formula is C15H16ClNO3. The van der Waals surface area contributed by atoms with Gasteiger partial charge in [0.25, 0.3) is 0 Å². The number of hydrogen-bond donors (Lipinski definition) is 2. The molecule has 1 amide bonds. The van der Waals surface area contributed by atoms with Gasteiger partial charge < -0.3 is 10.4 Å². The van der Waals surface area contributed by atoms with Crippen LogP contribution < -0.4 is 5.32 Å². The number of carbonyl (C=O) groups excluding carboxylic acids is 1. The Kier molecular flexibility index (Phi) is 6.08. The van der Waals surface area contributed by atoms with E-state index in [-0.39, 0.29) is 18.7 Å². The first-order valence-electron chi connectivity index (χ1n) is 6.14. The molecule has 1 unspecified atom stereocenters. The topological polar surface area (TPSA) is 66.4 Å². The fourth-order valence-corrected chi connectivity index (χ4v) is 1.84. The number of terminal acetylenes is 1. The minimum atomic E-state index is -1.13. The van der Waals surface area contributed by atoms with Crippen LogP contribution in [0.25, 0.3) is 0 Å². The SMILES string of the molecule is C#CCC(NC(=O)CCc1ccc(C)c(Cl)c1)C(=O)O. The first-order valence-corrected chi connectivity index (χ1v) is 6.52. The summed E-state index contributed by atoms with van der Waals surface area (Å²) in [6.45, 7) is 1.90. The smallest absolute Gasteiger partial charge is 0.327 e. The summed E-state index contributed by atoms with van der Waals surface area (Å²) < 4.78 is 0. The van der Waals surface area contributed by atoms with Crippen molar-refractivity contribution in [1.29, 1.82) is 0 Å². The van der Waals surface area contributed by atoms with Crippen LogP contribution in [0.4, 0.5) is 0 Å². The van der Waals surface area contributed by atoms with Crippen molar-refractivity contribution in [2.45, 2.75) is 32.2 Å². The van der Waals surface area contributed by atoms with Gasteiger partial charge in [0.05, 0.1) is 0 Å². The zero-order valence-electron chi connectivity index (χ0n) is 11.1. The average Bonchev–Trinajstić information content (AvgIpc) is 2.39. The van der Waals surface area contributed by atoms with Crippen LogP contribution in [0.2, 0.25) is 5.02 Å². The lowest BCUT2D eigenvalue weighted by Crippen LogP contribution is -2.40. The molecule has 0 radical (unpaired) electrons. The largest absolute Gasteiger partial charge is 0.480 e. The Hall–Kier alpha value is -1.99. The molecule has 0 aliphatic heterocycles. The van der Waals surface area contributed by atoms with Gasteiger partial charge in [-0.3, -0.25) is 4.79 Å². The van der Waals surface area contributed by atoms with Crippen LogP contribution in [-0.2, 0) is 16.0 Å². The fraction of sp³-hybridized carbons (Fsp3) is 0.333. The van der Waals surface area contributed by atoms with Gasteiger partial charge in [-0.05, 0) is 30.5 Å². The number of carboxylic acids is 1. The van der Waals surface area contributed by atoms with Gasteiger partial charge in [0.15, 0.2) is 0 Å². The molecule has 0 aromatic heterocycles. The van der Waals surface area contributed by atoms with E-state index in [4.69, 9.17) is 23.1 Å². The summed E-state index contributed by atoms with van der Waals surface area (Å²) >= 11 is 6.00. The molecule has 0 saturated carbocycles. The number of rotatable bonds is 6. The molecule has 1 atom stereocenters. The van der Waals surface area contributed by atoms with Crippen molar-refractivity contribution in [3.8, 4) is 12.3 Å². The van der Waals surface area contributed by atoms with Crippen LogP contribution in [0.1, 0.15) is 24.0 Å². The highest BCUT2D eigenvalue weighted by Gasteiger charge is 2.18. The summed E-state index contributed by atoms with van der Waals surface area (Å²) in [6.07, 6.45) is 5.71. The molecule has 1 aromatic carbocycles. The van der Waals surface area contributed by atoms with E-state index >= 15 is 0 Å². The van der Waals surface area contributed by atoms with Crippen molar-refractivity contribution in [1.82, 2.24) is 5.32 Å². The predicted molar refractivity (Wildman–Crippen MR) is 77.5 cm³/mol. The normalized spacial score (nSPS) is 11.4. The van der Waals surface area contributed by atoms with Crippen molar-refractivity contribution in [3.63, 3.8) is 0 Å². The molecule has 106 valence electrons. The highest BCUT2D eigenvalue weighted by atomic mass is 35.5. The Morgan fingerprint density at radius 1 is 1.50 bits per heavy atom. The fourth-order valence-electron chi connectivity index (χ4n) is 1.63. The number of aryl methyl sites for hydroxylation is 2. The van der Waals surface area contributed by atoms with E-state index in [1.54, 1.807) is 6.07 Å². The number of benzene rings is 1. The summed E-state index contributed by atoms with van der Waals surface area (Å²) in [5.74, 6) is 0.756. The molecule has 0 saturated heterocycles. The van der Waals surface area contributed by atoms with Gasteiger partial charge in [0.2, 0.25) is 5.91 Å². The maximum Gasteiger partial charge on any atom is 0.327 e. The Balaban J connectivity index is 2.52. The summed E-state index contributed by atoms with van der Waals surface area (Å²) in [5.41, 5.74) is 1.90. The van der Waals surface area contributed by atoms with Gasteiger partial charge in [0.1, 0.15) is 6.04 Å². The molecule has 0 aliphatic carbocycles. The predicted octanol–water partition coefficient (Wildman–Crippen LogP) is 2.17. The minimum absolute atomic E-state index is 0.0303. The van der Waals surface area contributed by atoms with E-state index in [0.717, 1.165) is 11.1 Å². The Morgan fingerprint density at radius 3 is 2.75 bits per heavy atom. The zero-order valence-corrected chi connectivity index (χ0v) is 11.9. The molecular weight excluding hydrogens is 278 g/mol. The third-order valence-corrected chi connectivity index (χ3v) is 3.24. The van der Waals surface area contributed by atoms with Crippen molar-refractivity contribution in [3.05, 3.63) is 34.3 Å². The molecule has 0 spiro atoms. The van der Waals surface area contributed by atoms with E-state index in [1.165, 1.54) is 0 Å². The molecule has 4 nitrogen and oxygen atoms in total. The minimum Gasteiger partial charge on any atom is -0.480 e. The summed E-state index contributed by atoms with van der Waals surface area (Å²) in [6, 6.07) is 4.55. The van der Waals surface area contributed by atoms with E-state index < -0.39 is 12.0 Å². The zero-order chi connectivity index (χ0) is 15.1. The molecule has 0 aliphatic rings. The van der Waals surface area contributed by atoms with Crippen molar-refractivity contribution >= 4 is 23.5 Å². The first-order chi connectivity index (χ1) is 9.43. The van der Waals surface area contributed by atoms with Gasteiger partial charge in [-0.15, -0.1) is 12.3 Å². The van der Waals surface area contributed by atoms with Gasteiger partial charge in [-0.2, -0.15) is 0 Å². The highest BCUT2D eigenvalue weighted by molar-refractivity contribution is 6.31. The van der Waals surface area contributed by atoms with Crippen LogP contribution in [-0.4, -0.2) is 23.0 Å². The standard InChI is InChI=1S/C15H16ClNO3/c1-3-4-13(15(19)20)17-14(18)8-7-11-6-5-10(2)12(16)9-11/h1,5-6,9,13H,4,7-8H2,2H3,(H,17,18)(H,19,20). The molecule has 1 rings (SSSR count). The molecule has 0 heterocycles.